The van der Waals surface area contributed by atoms with Gasteiger partial charge in [0, 0.05) is 32.4 Å². The van der Waals surface area contributed by atoms with Crippen molar-refractivity contribution in [2.24, 2.45) is 0 Å². The van der Waals surface area contributed by atoms with E-state index in [1.54, 1.807) is 0 Å². The van der Waals surface area contributed by atoms with Crippen molar-refractivity contribution in [3.05, 3.63) is 35.7 Å². The summed E-state index contributed by atoms with van der Waals surface area (Å²) in [7, 11) is 4.02. The molecule has 1 fully saturated rings. The van der Waals surface area contributed by atoms with Crippen molar-refractivity contribution >= 4 is 23.4 Å². The van der Waals surface area contributed by atoms with Crippen LogP contribution >= 0.6 is 11.8 Å². The molecule has 7 heteroatoms. The van der Waals surface area contributed by atoms with Crippen LogP contribution in [-0.4, -0.2) is 40.5 Å². The monoisotopic (exact) mass is 345 g/mol. The van der Waals surface area contributed by atoms with E-state index in [9.17, 15) is 4.79 Å². The highest BCUT2D eigenvalue weighted by molar-refractivity contribution is 7.99. The number of amides is 1. The van der Waals surface area contributed by atoms with Crippen LogP contribution in [0.15, 0.2) is 29.4 Å². The van der Waals surface area contributed by atoms with Gasteiger partial charge in [0.05, 0.1) is 5.75 Å². The highest BCUT2D eigenvalue weighted by Crippen LogP contribution is 2.38. The molecule has 2 aromatic rings. The molecule has 6 nitrogen and oxygen atoms in total. The maximum Gasteiger partial charge on any atom is 0.230 e. The summed E-state index contributed by atoms with van der Waals surface area (Å²) in [5.41, 5.74) is 2.24. The minimum absolute atomic E-state index is 0.0136. The van der Waals surface area contributed by atoms with E-state index in [-0.39, 0.29) is 5.91 Å². The predicted octanol–water partition coefficient (Wildman–Crippen LogP) is 2.40. The molecule has 1 saturated carbocycles. The minimum atomic E-state index is 0.0136. The summed E-state index contributed by atoms with van der Waals surface area (Å²) in [4.78, 5) is 14.1. The van der Waals surface area contributed by atoms with Gasteiger partial charge < -0.3 is 14.8 Å². The molecule has 3 rings (SSSR count). The van der Waals surface area contributed by atoms with Crippen LogP contribution in [0.2, 0.25) is 0 Å². The van der Waals surface area contributed by atoms with Crippen molar-refractivity contribution < 1.29 is 4.79 Å². The van der Waals surface area contributed by atoms with E-state index in [2.05, 4.69) is 37.1 Å². The summed E-state index contributed by atoms with van der Waals surface area (Å²) in [5.74, 6) is 1.31. The Labute approximate surface area is 146 Å². The van der Waals surface area contributed by atoms with Crippen molar-refractivity contribution in [2.45, 2.75) is 37.5 Å². The number of aryl methyl sites for hydroxylation is 1. The predicted molar refractivity (Wildman–Crippen MR) is 96.4 cm³/mol. The third-order valence-electron chi connectivity index (χ3n) is 4.02. The SMILES string of the molecule is Cc1nnc(SCC(=O)NCc2ccc(N(C)C)cc2)n1C1CC1. The number of hydrogen-bond donors (Lipinski definition) is 1. The summed E-state index contributed by atoms with van der Waals surface area (Å²) >= 11 is 1.46. The van der Waals surface area contributed by atoms with Crippen LogP contribution in [0, 0.1) is 6.92 Å². The Hall–Kier alpha value is -2.02. The summed E-state index contributed by atoms with van der Waals surface area (Å²) in [5, 5.41) is 12.1. The molecule has 0 radical (unpaired) electrons. The number of thioether (sulfide) groups is 1. The van der Waals surface area contributed by atoms with Crippen molar-refractivity contribution in [2.75, 3.05) is 24.7 Å². The molecule has 0 atom stereocenters. The first-order valence-corrected chi connectivity index (χ1v) is 9.10. The van der Waals surface area contributed by atoms with E-state index < -0.39 is 0 Å². The van der Waals surface area contributed by atoms with Gasteiger partial charge >= 0.3 is 0 Å². The van der Waals surface area contributed by atoms with Gasteiger partial charge in [0.15, 0.2) is 5.16 Å². The fourth-order valence-electron chi connectivity index (χ4n) is 2.50. The van der Waals surface area contributed by atoms with Gasteiger partial charge in [0.25, 0.3) is 0 Å². The highest BCUT2D eigenvalue weighted by atomic mass is 32.2. The number of nitrogens with zero attached hydrogens (tertiary/aromatic N) is 4. The molecule has 0 unspecified atom stereocenters. The Bertz CT molecular complexity index is 706. The van der Waals surface area contributed by atoms with Crippen molar-refractivity contribution in [3.63, 3.8) is 0 Å². The van der Waals surface area contributed by atoms with Crippen LogP contribution in [0.1, 0.15) is 30.3 Å². The Morgan fingerprint density at radius 3 is 2.62 bits per heavy atom. The van der Waals surface area contributed by atoms with E-state index in [0.717, 1.165) is 22.2 Å². The molecule has 1 aromatic heterocycles. The Kier molecular flexibility index (Phi) is 5.08. The van der Waals surface area contributed by atoms with E-state index in [1.807, 2.05) is 33.2 Å². The molecule has 0 saturated heterocycles. The van der Waals surface area contributed by atoms with Gasteiger partial charge in [-0.3, -0.25) is 4.79 Å². The van der Waals surface area contributed by atoms with Gasteiger partial charge in [-0.05, 0) is 37.5 Å². The number of aromatic nitrogens is 3. The molecule has 1 heterocycles. The third kappa shape index (κ3) is 4.08. The molecule has 0 aliphatic heterocycles. The van der Waals surface area contributed by atoms with Crippen molar-refractivity contribution in [1.82, 2.24) is 20.1 Å². The molecule has 1 aliphatic carbocycles. The average molecular weight is 345 g/mol. The first kappa shape index (κ1) is 16.8. The van der Waals surface area contributed by atoms with Gasteiger partial charge in [-0.15, -0.1) is 10.2 Å². The number of rotatable bonds is 7. The van der Waals surface area contributed by atoms with E-state index in [1.165, 1.54) is 24.6 Å². The van der Waals surface area contributed by atoms with Gasteiger partial charge in [-0.25, -0.2) is 0 Å². The summed E-state index contributed by atoms with van der Waals surface area (Å²) in [6.45, 7) is 2.51. The quantitative estimate of drug-likeness (QED) is 0.781. The van der Waals surface area contributed by atoms with Crippen LogP contribution in [0.3, 0.4) is 0 Å². The lowest BCUT2D eigenvalue weighted by atomic mass is 10.2. The van der Waals surface area contributed by atoms with Crippen molar-refractivity contribution in [1.29, 1.82) is 0 Å². The molecule has 24 heavy (non-hydrogen) atoms. The molecule has 1 amide bonds. The second kappa shape index (κ2) is 7.25. The zero-order chi connectivity index (χ0) is 17.1. The van der Waals surface area contributed by atoms with E-state index in [0.29, 0.717) is 18.3 Å². The molecule has 128 valence electrons. The van der Waals surface area contributed by atoms with Crippen molar-refractivity contribution in [3.8, 4) is 0 Å². The standard InChI is InChI=1S/C17H23N5OS/c1-12-19-20-17(22(12)15-8-9-15)24-11-16(23)18-10-13-4-6-14(7-5-13)21(2)3/h4-7,15H,8-11H2,1-3H3,(H,18,23). The normalized spacial score (nSPS) is 13.8. The number of carbonyl (C=O) groups excluding carboxylic acids is 1. The zero-order valence-electron chi connectivity index (χ0n) is 14.3. The molecule has 1 aromatic carbocycles. The maximum atomic E-state index is 12.1. The van der Waals surface area contributed by atoms with Crippen LogP contribution in [0.4, 0.5) is 5.69 Å². The smallest absolute Gasteiger partial charge is 0.230 e. The van der Waals surface area contributed by atoms with Crippen LogP contribution in [-0.2, 0) is 11.3 Å². The fourth-order valence-corrected chi connectivity index (χ4v) is 3.38. The van der Waals surface area contributed by atoms with E-state index in [4.69, 9.17) is 0 Å². The molecule has 0 spiro atoms. The summed E-state index contributed by atoms with van der Waals surface area (Å²) in [6.07, 6.45) is 2.36. The topological polar surface area (TPSA) is 63.1 Å². The summed E-state index contributed by atoms with van der Waals surface area (Å²) in [6, 6.07) is 8.71. The lowest BCUT2D eigenvalue weighted by molar-refractivity contribution is -0.118. The maximum absolute atomic E-state index is 12.1. The van der Waals surface area contributed by atoms with E-state index >= 15 is 0 Å². The first-order chi connectivity index (χ1) is 11.5. The summed E-state index contributed by atoms with van der Waals surface area (Å²) < 4.78 is 2.15. The molecule has 1 N–H and O–H groups in total. The number of carbonyl (C=O) groups is 1. The Morgan fingerprint density at radius 1 is 1.29 bits per heavy atom. The second-order valence-electron chi connectivity index (χ2n) is 6.26. The molecule has 1 aliphatic rings. The number of anilines is 1. The Balaban J connectivity index is 1.48. The van der Waals surface area contributed by atoms with Crippen LogP contribution < -0.4 is 10.2 Å². The lowest BCUT2D eigenvalue weighted by Gasteiger charge is -2.13. The van der Waals surface area contributed by atoms with Gasteiger partial charge in [0.1, 0.15) is 5.82 Å². The minimum Gasteiger partial charge on any atom is -0.378 e. The van der Waals surface area contributed by atoms with Gasteiger partial charge in [0.2, 0.25) is 5.91 Å². The number of hydrogen-bond acceptors (Lipinski definition) is 5. The van der Waals surface area contributed by atoms with Crippen LogP contribution in [0.25, 0.3) is 0 Å². The van der Waals surface area contributed by atoms with Gasteiger partial charge in [-0.2, -0.15) is 0 Å². The Morgan fingerprint density at radius 2 is 2.00 bits per heavy atom. The number of benzene rings is 1. The number of nitrogens with one attached hydrogen (secondary N) is 1. The highest BCUT2D eigenvalue weighted by Gasteiger charge is 2.28. The second-order valence-corrected chi connectivity index (χ2v) is 7.20. The molecular formula is C17H23N5OS. The van der Waals surface area contributed by atoms with Gasteiger partial charge in [-0.1, -0.05) is 23.9 Å². The van der Waals surface area contributed by atoms with Crippen LogP contribution in [0.5, 0.6) is 0 Å². The molecule has 0 bridgehead atoms. The first-order valence-electron chi connectivity index (χ1n) is 8.12. The average Bonchev–Trinajstić information content (AvgIpc) is 3.34. The zero-order valence-corrected chi connectivity index (χ0v) is 15.1. The lowest BCUT2D eigenvalue weighted by Crippen LogP contribution is -2.24. The molecular weight excluding hydrogens is 322 g/mol. The third-order valence-corrected chi connectivity index (χ3v) is 4.96. The fraction of sp³-hybridized carbons (Fsp3) is 0.471. The largest absolute Gasteiger partial charge is 0.378 e.